The summed E-state index contributed by atoms with van der Waals surface area (Å²) in [6.45, 7) is 3.81. The van der Waals surface area contributed by atoms with E-state index < -0.39 is 0 Å². The molecule has 0 N–H and O–H groups in total. The van der Waals surface area contributed by atoms with Crippen LogP contribution in [0.5, 0.6) is 11.5 Å². The Morgan fingerprint density at radius 3 is 2.14 bits per heavy atom. The van der Waals surface area contributed by atoms with E-state index in [0.717, 1.165) is 22.9 Å². The van der Waals surface area contributed by atoms with Crippen LogP contribution in [0.3, 0.4) is 0 Å². The molecule has 6 nitrogen and oxygen atoms in total. The molecule has 0 unspecified atom stereocenters. The molecule has 2 aromatic rings. The summed E-state index contributed by atoms with van der Waals surface area (Å²) in [4.78, 5) is 26.8. The van der Waals surface area contributed by atoms with Gasteiger partial charge in [0, 0.05) is 17.7 Å². The highest BCUT2D eigenvalue weighted by Crippen LogP contribution is 2.38. The summed E-state index contributed by atoms with van der Waals surface area (Å²) in [6, 6.07) is 14.5. The van der Waals surface area contributed by atoms with Gasteiger partial charge in [0.15, 0.2) is 0 Å². The molecule has 1 fully saturated rings. The minimum atomic E-state index is -0.336. The second-order valence-electron chi connectivity index (χ2n) is 6.67. The number of imide groups is 1. The van der Waals surface area contributed by atoms with Crippen molar-refractivity contribution in [3.63, 3.8) is 0 Å². The zero-order valence-electron chi connectivity index (χ0n) is 16.8. The summed E-state index contributed by atoms with van der Waals surface area (Å²) in [7, 11) is 3.16. The Labute approximate surface area is 174 Å². The van der Waals surface area contributed by atoms with Crippen LogP contribution in [-0.2, 0) is 16.1 Å². The number of hydrogen-bond donors (Lipinski definition) is 0. The van der Waals surface area contributed by atoms with E-state index in [2.05, 4.69) is 0 Å². The van der Waals surface area contributed by atoms with Crippen molar-refractivity contribution in [2.75, 3.05) is 14.2 Å². The van der Waals surface area contributed by atoms with Crippen molar-refractivity contribution in [1.29, 1.82) is 0 Å². The maximum Gasteiger partial charge on any atom is 0.293 e. The smallest absolute Gasteiger partial charge is 0.293 e. The maximum atomic E-state index is 12.9. The standard InChI is InChI=1S/C22H23NO5S/c1-14(2)23-21(24)20(29-22(23)25)19(16-8-6-5-7-9-16)28-13-15-10-17(26-3)12-18(11-15)27-4/h5-12,14H,13H2,1-4H3. The Morgan fingerprint density at radius 2 is 1.62 bits per heavy atom. The van der Waals surface area contributed by atoms with Gasteiger partial charge in [0.05, 0.1) is 14.2 Å². The number of hydrogen-bond acceptors (Lipinski definition) is 6. The van der Waals surface area contributed by atoms with Crippen molar-refractivity contribution in [3.05, 3.63) is 64.6 Å². The Hall–Kier alpha value is -2.93. The van der Waals surface area contributed by atoms with E-state index in [1.807, 2.05) is 56.3 Å². The molecular weight excluding hydrogens is 390 g/mol. The van der Waals surface area contributed by atoms with Crippen LogP contribution in [0, 0.1) is 0 Å². The molecule has 0 radical (unpaired) electrons. The number of thioether (sulfide) groups is 1. The van der Waals surface area contributed by atoms with Gasteiger partial charge in [-0.1, -0.05) is 30.3 Å². The quantitative estimate of drug-likeness (QED) is 0.485. The lowest BCUT2D eigenvalue weighted by molar-refractivity contribution is -0.123. The molecule has 0 saturated carbocycles. The number of amides is 2. The lowest BCUT2D eigenvalue weighted by atomic mass is 10.1. The van der Waals surface area contributed by atoms with E-state index in [9.17, 15) is 9.59 Å². The van der Waals surface area contributed by atoms with Crippen LogP contribution >= 0.6 is 11.8 Å². The fourth-order valence-electron chi connectivity index (χ4n) is 2.94. The third-order valence-corrected chi connectivity index (χ3v) is 5.29. The van der Waals surface area contributed by atoms with E-state index in [-0.39, 0.29) is 23.8 Å². The highest BCUT2D eigenvalue weighted by molar-refractivity contribution is 8.18. The Kier molecular flexibility index (Phi) is 6.49. The highest BCUT2D eigenvalue weighted by Gasteiger charge is 2.39. The molecule has 1 aliphatic heterocycles. The molecule has 2 amide bonds. The summed E-state index contributed by atoms with van der Waals surface area (Å²) in [6.07, 6.45) is 0. The Bertz CT molecular complexity index is 917. The first-order valence-electron chi connectivity index (χ1n) is 9.14. The van der Waals surface area contributed by atoms with Gasteiger partial charge in [0.1, 0.15) is 28.8 Å². The molecule has 1 heterocycles. The third-order valence-electron chi connectivity index (χ3n) is 4.35. The van der Waals surface area contributed by atoms with Crippen molar-refractivity contribution < 1.29 is 23.8 Å². The molecule has 0 spiro atoms. The van der Waals surface area contributed by atoms with E-state index in [0.29, 0.717) is 22.2 Å². The van der Waals surface area contributed by atoms with Gasteiger partial charge < -0.3 is 14.2 Å². The summed E-state index contributed by atoms with van der Waals surface area (Å²) in [5, 5.41) is -0.292. The average molecular weight is 413 g/mol. The van der Waals surface area contributed by atoms with Crippen molar-refractivity contribution in [2.24, 2.45) is 0 Å². The van der Waals surface area contributed by atoms with Crippen molar-refractivity contribution in [1.82, 2.24) is 4.90 Å². The lowest BCUT2D eigenvalue weighted by Gasteiger charge is -2.17. The fourth-order valence-corrected chi connectivity index (χ4v) is 3.96. The van der Waals surface area contributed by atoms with Crippen LogP contribution in [0.4, 0.5) is 4.79 Å². The maximum absolute atomic E-state index is 12.9. The summed E-state index contributed by atoms with van der Waals surface area (Å²) in [5.74, 6) is 1.34. The zero-order chi connectivity index (χ0) is 21.0. The Morgan fingerprint density at radius 1 is 1.00 bits per heavy atom. The molecular formula is C22H23NO5S. The summed E-state index contributed by atoms with van der Waals surface area (Å²) in [5.41, 5.74) is 1.55. The van der Waals surface area contributed by atoms with Gasteiger partial charge in [0.2, 0.25) is 0 Å². The third kappa shape index (κ3) is 4.56. The first-order chi connectivity index (χ1) is 13.9. The molecule has 0 aromatic heterocycles. The number of carbonyl (C=O) groups is 2. The first-order valence-corrected chi connectivity index (χ1v) is 9.96. The molecule has 3 rings (SSSR count). The fraction of sp³-hybridized carbons (Fsp3) is 0.273. The first kappa shape index (κ1) is 20.8. The number of benzene rings is 2. The number of ether oxygens (including phenoxy) is 3. The molecule has 0 bridgehead atoms. The predicted octanol–water partition coefficient (Wildman–Crippen LogP) is 4.69. The largest absolute Gasteiger partial charge is 0.497 e. The van der Waals surface area contributed by atoms with Crippen molar-refractivity contribution in [2.45, 2.75) is 26.5 Å². The van der Waals surface area contributed by atoms with Gasteiger partial charge in [-0.05, 0) is 43.3 Å². The van der Waals surface area contributed by atoms with Gasteiger partial charge in [0.25, 0.3) is 11.1 Å². The second kappa shape index (κ2) is 9.05. The summed E-state index contributed by atoms with van der Waals surface area (Å²) < 4.78 is 16.7. The number of nitrogens with zero attached hydrogens (tertiary/aromatic N) is 1. The molecule has 7 heteroatoms. The van der Waals surface area contributed by atoms with Crippen LogP contribution in [0.25, 0.3) is 5.76 Å². The SMILES string of the molecule is COc1cc(COC(=C2SC(=O)N(C(C)C)C2=O)c2ccccc2)cc(OC)c1. The number of carbonyl (C=O) groups excluding carboxylic acids is 2. The molecule has 2 aromatic carbocycles. The minimum Gasteiger partial charge on any atom is -0.497 e. The van der Waals surface area contributed by atoms with Crippen LogP contribution < -0.4 is 9.47 Å². The highest BCUT2D eigenvalue weighted by atomic mass is 32.2. The van der Waals surface area contributed by atoms with E-state index >= 15 is 0 Å². The molecule has 0 atom stereocenters. The minimum absolute atomic E-state index is 0.186. The van der Waals surface area contributed by atoms with Gasteiger partial charge >= 0.3 is 0 Å². The predicted molar refractivity (Wildman–Crippen MR) is 113 cm³/mol. The molecule has 29 heavy (non-hydrogen) atoms. The molecule has 152 valence electrons. The van der Waals surface area contributed by atoms with Crippen LogP contribution in [-0.4, -0.2) is 36.3 Å². The van der Waals surface area contributed by atoms with Crippen LogP contribution in [0.2, 0.25) is 0 Å². The number of rotatable bonds is 7. The van der Waals surface area contributed by atoms with Crippen molar-refractivity contribution >= 4 is 28.7 Å². The van der Waals surface area contributed by atoms with Crippen LogP contribution in [0.1, 0.15) is 25.0 Å². The van der Waals surface area contributed by atoms with E-state index in [1.54, 1.807) is 20.3 Å². The normalized spacial score (nSPS) is 15.7. The molecule has 1 saturated heterocycles. The van der Waals surface area contributed by atoms with Gasteiger partial charge in [-0.3, -0.25) is 14.5 Å². The monoisotopic (exact) mass is 413 g/mol. The second-order valence-corrected chi connectivity index (χ2v) is 7.63. The molecule has 0 aliphatic carbocycles. The van der Waals surface area contributed by atoms with Gasteiger partial charge in [-0.15, -0.1) is 0 Å². The topological polar surface area (TPSA) is 65.1 Å². The van der Waals surface area contributed by atoms with E-state index in [1.165, 1.54) is 4.90 Å². The van der Waals surface area contributed by atoms with Gasteiger partial charge in [-0.2, -0.15) is 0 Å². The summed E-state index contributed by atoms with van der Waals surface area (Å²) >= 11 is 0.906. The van der Waals surface area contributed by atoms with Gasteiger partial charge in [-0.25, -0.2) is 0 Å². The Balaban J connectivity index is 1.97. The van der Waals surface area contributed by atoms with E-state index in [4.69, 9.17) is 14.2 Å². The average Bonchev–Trinajstić information content (AvgIpc) is 3.02. The van der Waals surface area contributed by atoms with Crippen LogP contribution in [0.15, 0.2) is 53.4 Å². The molecule has 1 aliphatic rings. The zero-order valence-corrected chi connectivity index (χ0v) is 17.6. The number of methoxy groups -OCH3 is 2. The lowest BCUT2D eigenvalue weighted by Crippen LogP contribution is -2.34. The van der Waals surface area contributed by atoms with Crippen molar-refractivity contribution in [3.8, 4) is 11.5 Å².